The van der Waals surface area contributed by atoms with Crippen LogP contribution < -0.4 is 16.0 Å². The van der Waals surface area contributed by atoms with Gasteiger partial charge in [0.1, 0.15) is 28.5 Å². The molecule has 15 heteroatoms. The van der Waals surface area contributed by atoms with Crippen molar-refractivity contribution in [1.29, 1.82) is 0 Å². The van der Waals surface area contributed by atoms with Crippen LogP contribution in [0.4, 0.5) is 10.1 Å². The number of piperazine rings is 1. The summed E-state index contributed by atoms with van der Waals surface area (Å²) in [6.07, 6.45) is 7.37. The van der Waals surface area contributed by atoms with Crippen molar-refractivity contribution in [2.24, 2.45) is 5.92 Å². The van der Waals surface area contributed by atoms with E-state index in [9.17, 15) is 19.2 Å². The zero-order valence-corrected chi connectivity index (χ0v) is 28.6. The lowest BCUT2D eigenvalue weighted by molar-refractivity contribution is -0.135. The summed E-state index contributed by atoms with van der Waals surface area (Å²) < 4.78 is 21.1. The molecule has 3 unspecified atom stereocenters. The van der Waals surface area contributed by atoms with Crippen LogP contribution in [0.5, 0.6) is 0 Å². The van der Waals surface area contributed by atoms with Crippen molar-refractivity contribution in [2.75, 3.05) is 38.5 Å². The first-order chi connectivity index (χ1) is 23.0. The summed E-state index contributed by atoms with van der Waals surface area (Å²) in [6.45, 7) is 8.01. The molecule has 3 aromatic rings. The lowest BCUT2D eigenvalue weighted by atomic mass is 9.83. The zero-order valence-electron chi connectivity index (χ0n) is 27.8. The fourth-order valence-corrected chi connectivity index (χ4v) is 6.83. The SMILES string of the molecule is CC(c1ccc(NC(=O)C(NC(=O)c2ccnn2C(C)C)C2CCCCC2)c(F)c1)C(NC(=O)c1cnns1)C(=O)N1CCN(C)CC1. The standard InChI is InChI=1S/C33H44FN9O4S/c1-20(2)43-26(12-13-36-43)30(44)39-29(22-8-6-5-7-9-22)32(46)37-25-11-10-23(18-24(25)34)21(3)28(38-31(45)27-19-35-40-48-27)33(47)42-16-14-41(4)15-17-42/h10-13,18-22,28-29H,5-9,14-17H2,1-4H3,(H,37,46)(H,38,45)(H,39,44). The number of anilines is 1. The van der Waals surface area contributed by atoms with Crippen LogP contribution in [0.1, 0.15) is 90.6 Å². The lowest BCUT2D eigenvalue weighted by Crippen LogP contribution is -2.55. The minimum Gasteiger partial charge on any atom is -0.339 e. The highest BCUT2D eigenvalue weighted by Crippen LogP contribution is 2.29. The smallest absolute Gasteiger partial charge is 0.270 e. The monoisotopic (exact) mass is 681 g/mol. The second-order valence-electron chi connectivity index (χ2n) is 13.0. The highest BCUT2D eigenvalue weighted by molar-refractivity contribution is 7.07. The number of halogens is 1. The van der Waals surface area contributed by atoms with Gasteiger partial charge in [0.25, 0.3) is 11.8 Å². The third-order valence-electron chi connectivity index (χ3n) is 9.31. The summed E-state index contributed by atoms with van der Waals surface area (Å²) in [4.78, 5) is 57.9. The Balaban J connectivity index is 1.34. The summed E-state index contributed by atoms with van der Waals surface area (Å²) in [6, 6.07) is 4.10. The van der Waals surface area contributed by atoms with E-state index >= 15 is 4.39 Å². The molecular weight excluding hydrogens is 637 g/mol. The van der Waals surface area contributed by atoms with E-state index in [0.717, 1.165) is 43.6 Å². The van der Waals surface area contributed by atoms with Crippen LogP contribution in [-0.2, 0) is 9.59 Å². The van der Waals surface area contributed by atoms with Crippen LogP contribution in [0, 0.1) is 11.7 Å². The second kappa shape index (κ2) is 15.8. The number of rotatable bonds is 11. The Bertz CT molecular complexity index is 1580. The van der Waals surface area contributed by atoms with E-state index in [1.807, 2.05) is 20.9 Å². The average Bonchev–Trinajstić information content (AvgIpc) is 3.81. The van der Waals surface area contributed by atoms with Gasteiger partial charge in [0.05, 0.1) is 11.9 Å². The number of nitrogens with zero attached hydrogens (tertiary/aromatic N) is 6. The van der Waals surface area contributed by atoms with Gasteiger partial charge in [0.2, 0.25) is 11.8 Å². The lowest BCUT2D eigenvalue weighted by Gasteiger charge is -2.36. The zero-order chi connectivity index (χ0) is 34.4. The number of likely N-dealkylation sites (N-methyl/N-ethyl adjacent to an activating group) is 1. The Labute approximate surface area is 283 Å². The Hall–Kier alpha value is -4.24. The molecule has 0 radical (unpaired) electrons. The van der Waals surface area contributed by atoms with Gasteiger partial charge in [-0.25, -0.2) is 4.39 Å². The first-order valence-corrected chi connectivity index (χ1v) is 17.3. The first kappa shape index (κ1) is 35.1. The van der Waals surface area contributed by atoms with Crippen LogP contribution in [0.3, 0.4) is 0 Å². The molecule has 3 heterocycles. The summed E-state index contributed by atoms with van der Waals surface area (Å²) in [5.41, 5.74) is 0.780. The molecule has 1 saturated carbocycles. The number of carbonyl (C=O) groups excluding carboxylic acids is 4. The predicted molar refractivity (Wildman–Crippen MR) is 179 cm³/mol. The van der Waals surface area contributed by atoms with Crippen molar-refractivity contribution in [1.82, 2.24) is 39.8 Å². The number of nitrogens with one attached hydrogen (secondary N) is 3. The van der Waals surface area contributed by atoms with Gasteiger partial charge in [-0.15, -0.1) is 5.10 Å². The van der Waals surface area contributed by atoms with Crippen LogP contribution in [0.2, 0.25) is 0 Å². The molecule has 2 aliphatic rings. The highest BCUT2D eigenvalue weighted by Gasteiger charge is 2.35. The molecule has 258 valence electrons. The van der Waals surface area contributed by atoms with Gasteiger partial charge >= 0.3 is 0 Å². The van der Waals surface area contributed by atoms with Gasteiger partial charge in [0.15, 0.2) is 0 Å². The molecule has 1 saturated heterocycles. The third kappa shape index (κ3) is 8.24. The predicted octanol–water partition coefficient (Wildman–Crippen LogP) is 3.45. The van der Waals surface area contributed by atoms with Crippen LogP contribution in [-0.4, -0.2) is 98.1 Å². The number of aromatic nitrogens is 4. The molecule has 1 aromatic carbocycles. The summed E-state index contributed by atoms with van der Waals surface area (Å²) >= 11 is 0.920. The number of benzene rings is 1. The molecule has 1 aliphatic heterocycles. The maximum atomic E-state index is 15.7. The summed E-state index contributed by atoms with van der Waals surface area (Å²) in [5, 5.41) is 16.4. The van der Waals surface area contributed by atoms with E-state index in [2.05, 4.69) is 35.5 Å². The number of hydrogen-bond acceptors (Lipinski definition) is 9. The summed E-state index contributed by atoms with van der Waals surface area (Å²) in [7, 11) is 1.98. The van der Waals surface area contributed by atoms with E-state index in [-0.39, 0.29) is 28.4 Å². The third-order valence-corrected chi connectivity index (χ3v) is 9.98. The number of hydrogen-bond donors (Lipinski definition) is 3. The Morgan fingerprint density at radius 1 is 0.958 bits per heavy atom. The van der Waals surface area contributed by atoms with E-state index in [4.69, 9.17) is 0 Å². The van der Waals surface area contributed by atoms with E-state index in [1.165, 1.54) is 18.3 Å². The van der Waals surface area contributed by atoms with Crippen LogP contribution >= 0.6 is 11.5 Å². The topological polar surface area (TPSA) is 154 Å². The van der Waals surface area contributed by atoms with Gasteiger partial charge in [-0.3, -0.25) is 23.9 Å². The van der Waals surface area contributed by atoms with Gasteiger partial charge in [-0.2, -0.15) is 5.10 Å². The normalized spacial score (nSPS) is 17.8. The first-order valence-electron chi connectivity index (χ1n) is 16.5. The van der Waals surface area contributed by atoms with Crippen LogP contribution in [0.15, 0.2) is 36.7 Å². The van der Waals surface area contributed by atoms with Crippen LogP contribution in [0.25, 0.3) is 0 Å². The molecule has 1 aliphatic carbocycles. The molecule has 2 fully saturated rings. The molecular formula is C33H44FN9O4S. The maximum Gasteiger partial charge on any atom is 0.270 e. The Kier molecular flexibility index (Phi) is 11.5. The van der Waals surface area contributed by atoms with E-state index < -0.39 is 41.5 Å². The number of amides is 4. The molecule has 3 N–H and O–H groups in total. The Morgan fingerprint density at radius 3 is 2.33 bits per heavy atom. The number of carbonyl (C=O) groups is 4. The van der Waals surface area contributed by atoms with Gasteiger partial charge in [-0.1, -0.05) is 36.7 Å². The fourth-order valence-electron chi connectivity index (χ4n) is 6.41. The van der Waals surface area contributed by atoms with E-state index in [0.29, 0.717) is 37.4 Å². The van der Waals surface area contributed by atoms with Gasteiger partial charge in [0, 0.05) is 44.3 Å². The van der Waals surface area contributed by atoms with Gasteiger partial charge < -0.3 is 25.8 Å². The van der Waals surface area contributed by atoms with Crippen molar-refractivity contribution < 1.29 is 23.6 Å². The Morgan fingerprint density at radius 2 is 1.69 bits per heavy atom. The minimum absolute atomic E-state index is 0.0417. The maximum absolute atomic E-state index is 15.7. The minimum atomic E-state index is -0.979. The molecule has 4 amide bonds. The van der Waals surface area contributed by atoms with Crippen molar-refractivity contribution in [3.05, 3.63) is 58.6 Å². The molecule has 3 atom stereocenters. The molecule has 13 nitrogen and oxygen atoms in total. The van der Waals surface area contributed by atoms with Crippen molar-refractivity contribution in [2.45, 2.75) is 76.9 Å². The molecule has 2 aromatic heterocycles. The molecule has 0 bridgehead atoms. The van der Waals surface area contributed by atoms with Gasteiger partial charge in [-0.05, 0) is 74.9 Å². The van der Waals surface area contributed by atoms with Crippen molar-refractivity contribution in [3.8, 4) is 0 Å². The van der Waals surface area contributed by atoms with Crippen molar-refractivity contribution in [3.63, 3.8) is 0 Å². The average molecular weight is 682 g/mol. The van der Waals surface area contributed by atoms with Crippen molar-refractivity contribution >= 4 is 40.8 Å². The fraction of sp³-hybridized carbons (Fsp3) is 0.545. The molecule has 0 spiro atoms. The highest BCUT2D eigenvalue weighted by atomic mass is 32.1. The van der Waals surface area contributed by atoms with E-state index in [1.54, 1.807) is 34.8 Å². The summed E-state index contributed by atoms with van der Waals surface area (Å²) in [5.74, 6) is -3.06. The largest absolute Gasteiger partial charge is 0.339 e. The quantitative estimate of drug-likeness (QED) is 0.278. The molecule has 48 heavy (non-hydrogen) atoms. The second-order valence-corrected chi connectivity index (χ2v) is 13.8. The molecule has 5 rings (SSSR count).